The Balaban J connectivity index is 1.59. The third-order valence-corrected chi connectivity index (χ3v) is 6.18. The van der Waals surface area contributed by atoms with Crippen LogP contribution in [0.15, 0.2) is 95.1 Å². The van der Waals surface area contributed by atoms with Crippen molar-refractivity contribution in [2.75, 3.05) is 0 Å². The number of thiocarbonyl (C=S) groups is 1. The zero-order valence-electron chi connectivity index (χ0n) is 18.5. The Hall–Kier alpha value is -3.77. The van der Waals surface area contributed by atoms with Crippen LogP contribution in [0.2, 0.25) is 0 Å². The van der Waals surface area contributed by atoms with Crippen molar-refractivity contribution in [3.63, 3.8) is 0 Å². The number of nitrogens with zero attached hydrogens (tertiary/aromatic N) is 3. The molecule has 164 valence electrons. The van der Waals surface area contributed by atoms with E-state index in [9.17, 15) is 0 Å². The summed E-state index contributed by atoms with van der Waals surface area (Å²) in [7, 11) is 0. The van der Waals surface area contributed by atoms with Crippen molar-refractivity contribution in [3.05, 3.63) is 113 Å². The number of benzene rings is 3. The molecule has 1 N–H and O–H groups in total. The molecule has 33 heavy (non-hydrogen) atoms. The van der Waals surface area contributed by atoms with Gasteiger partial charge in [-0.3, -0.25) is 0 Å². The molecule has 2 heterocycles. The summed E-state index contributed by atoms with van der Waals surface area (Å²) in [4.78, 5) is 6.87. The van der Waals surface area contributed by atoms with Crippen LogP contribution in [0, 0.1) is 6.92 Å². The molecule has 3 aromatic carbocycles. The molecule has 0 radical (unpaired) electrons. The number of aromatic nitrogens is 2. The molecule has 1 aliphatic rings. The number of allylic oxidation sites excluding steroid dienone is 1. The van der Waals surface area contributed by atoms with Gasteiger partial charge in [0, 0.05) is 17.8 Å². The third-order valence-electron chi connectivity index (χ3n) is 5.84. The molecule has 1 atom stereocenters. The van der Waals surface area contributed by atoms with Gasteiger partial charge >= 0.3 is 0 Å². The monoisotopic (exact) mass is 452 g/mol. The molecule has 0 spiro atoms. The Labute approximate surface area is 198 Å². The van der Waals surface area contributed by atoms with E-state index in [1.165, 1.54) is 11.1 Å². The van der Waals surface area contributed by atoms with Gasteiger partial charge in [-0.25, -0.2) is 0 Å². The smallest absolute Gasteiger partial charge is 0.258 e. The highest BCUT2D eigenvalue weighted by Crippen LogP contribution is 2.37. The van der Waals surface area contributed by atoms with E-state index >= 15 is 0 Å². The highest BCUT2D eigenvalue weighted by molar-refractivity contribution is 7.80. The molecular weight excluding hydrogens is 428 g/mol. The van der Waals surface area contributed by atoms with E-state index in [2.05, 4.69) is 65.6 Å². The molecular formula is C27H24N4OS. The zero-order valence-corrected chi connectivity index (χ0v) is 19.3. The van der Waals surface area contributed by atoms with Gasteiger partial charge in [0.05, 0.1) is 11.6 Å². The fourth-order valence-electron chi connectivity index (χ4n) is 4.17. The molecule has 5 nitrogen and oxygen atoms in total. The van der Waals surface area contributed by atoms with E-state index in [1.54, 1.807) is 0 Å². The summed E-state index contributed by atoms with van der Waals surface area (Å²) < 4.78 is 5.80. The number of rotatable bonds is 5. The molecule has 0 bridgehead atoms. The summed E-state index contributed by atoms with van der Waals surface area (Å²) in [6.07, 6.45) is 0. The lowest BCUT2D eigenvalue weighted by atomic mass is 9.94. The van der Waals surface area contributed by atoms with Crippen molar-refractivity contribution in [1.82, 2.24) is 20.4 Å². The average Bonchev–Trinajstić information content (AvgIpc) is 3.32. The highest BCUT2D eigenvalue weighted by Gasteiger charge is 2.34. The molecule has 1 aliphatic heterocycles. The predicted molar refractivity (Wildman–Crippen MR) is 134 cm³/mol. The summed E-state index contributed by atoms with van der Waals surface area (Å²) in [5, 5.41) is 8.46. The molecule has 5 rings (SSSR count). The maximum atomic E-state index is 5.81. The summed E-state index contributed by atoms with van der Waals surface area (Å²) in [5.41, 5.74) is 6.33. The van der Waals surface area contributed by atoms with E-state index in [0.29, 0.717) is 23.4 Å². The molecule has 0 aliphatic carbocycles. The maximum absolute atomic E-state index is 5.81. The minimum atomic E-state index is -0.184. The first-order valence-electron chi connectivity index (χ1n) is 10.9. The SMILES string of the molecule is CC1=C(c2nc(-c3ccccc3)no2)C(c2ccccc2)NC(=S)N1Cc1cccc(C)c1. The topological polar surface area (TPSA) is 54.2 Å². The molecule has 0 saturated carbocycles. The van der Waals surface area contributed by atoms with Crippen molar-refractivity contribution in [3.8, 4) is 11.4 Å². The molecule has 1 unspecified atom stereocenters. The van der Waals surface area contributed by atoms with E-state index in [0.717, 1.165) is 22.4 Å². The second-order valence-electron chi connectivity index (χ2n) is 8.16. The molecule has 6 heteroatoms. The fourth-order valence-corrected chi connectivity index (χ4v) is 4.49. The minimum Gasteiger partial charge on any atom is -0.351 e. The molecule has 0 amide bonds. The Kier molecular flexibility index (Phi) is 5.75. The van der Waals surface area contributed by atoms with Crippen LogP contribution in [0.4, 0.5) is 0 Å². The van der Waals surface area contributed by atoms with Crippen LogP contribution < -0.4 is 5.32 Å². The summed E-state index contributed by atoms with van der Waals surface area (Å²) >= 11 is 5.81. The first kappa shape index (κ1) is 21.1. The first-order chi connectivity index (χ1) is 16.1. The van der Waals surface area contributed by atoms with Gasteiger partial charge in [0.25, 0.3) is 5.89 Å². The van der Waals surface area contributed by atoms with Crippen LogP contribution in [-0.2, 0) is 6.54 Å². The van der Waals surface area contributed by atoms with Crippen LogP contribution in [0.1, 0.15) is 35.5 Å². The van der Waals surface area contributed by atoms with E-state index in [1.807, 2.05) is 48.5 Å². The van der Waals surface area contributed by atoms with Crippen LogP contribution in [-0.4, -0.2) is 20.2 Å². The first-order valence-corrected chi connectivity index (χ1v) is 11.3. The predicted octanol–water partition coefficient (Wildman–Crippen LogP) is 5.91. The van der Waals surface area contributed by atoms with Gasteiger partial charge < -0.3 is 14.7 Å². The molecule has 0 saturated heterocycles. The standard InChI is InChI=1S/C27H24N4OS/c1-18-10-9-11-20(16-18)17-31-19(2)23(24(28-27(31)33)21-12-5-3-6-13-21)26-29-25(30-32-26)22-14-7-4-8-15-22/h3-16,24H,17H2,1-2H3,(H,28,33). The summed E-state index contributed by atoms with van der Waals surface area (Å²) in [6.45, 7) is 4.82. The summed E-state index contributed by atoms with van der Waals surface area (Å²) in [6, 6.07) is 28.3. The molecule has 1 aromatic heterocycles. The van der Waals surface area contributed by atoms with Crippen molar-refractivity contribution in [2.24, 2.45) is 0 Å². The van der Waals surface area contributed by atoms with Gasteiger partial charge in [-0.15, -0.1) is 0 Å². The van der Waals surface area contributed by atoms with Crippen molar-refractivity contribution in [1.29, 1.82) is 0 Å². The zero-order chi connectivity index (χ0) is 22.8. The lowest BCUT2D eigenvalue weighted by molar-refractivity contribution is 0.396. The summed E-state index contributed by atoms with van der Waals surface area (Å²) in [5.74, 6) is 1.06. The number of hydrogen-bond acceptors (Lipinski definition) is 4. The number of aryl methyl sites for hydroxylation is 1. The Morgan fingerprint density at radius 2 is 1.67 bits per heavy atom. The van der Waals surface area contributed by atoms with Gasteiger partial charge in [-0.1, -0.05) is 95.6 Å². The average molecular weight is 453 g/mol. The Morgan fingerprint density at radius 1 is 0.939 bits per heavy atom. The van der Waals surface area contributed by atoms with Gasteiger partial charge in [0.1, 0.15) is 0 Å². The van der Waals surface area contributed by atoms with Gasteiger partial charge in [0.15, 0.2) is 5.11 Å². The third kappa shape index (κ3) is 4.30. The van der Waals surface area contributed by atoms with Gasteiger partial charge in [-0.05, 0) is 37.2 Å². The second kappa shape index (κ2) is 9.00. The van der Waals surface area contributed by atoms with Crippen molar-refractivity contribution in [2.45, 2.75) is 26.4 Å². The van der Waals surface area contributed by atoms with E-state index in [-0.39, 0.29) is 6.04 Å². The maximum Gasteiger partial charge on any atom is 0.258 e. The lowest BCUT2D eigenvalue weighted by Gasteiger charge is -2.37. The fraction of sp³-hybridized carbons (Fsp3) is 0.148. The van der Waals surface area contributed by atoms with Crippen LogP contribution in [0.3, 0.4) is 0 Å². The van der Waals surface area contributed by atoms with E-state index < -0.39 is 0 Å². The van der Waals surface area contributed by atoms with E-state index in [4.69, 9.17) is 21.7 Å². The lowest BCUT2D eigenvalue weighted by Crippen LogP contribution is -2.45. The number of nitrogens with one attached hydrogen (secondary N) is 1. The minimum absolute atomic E-state index is 0.184. The molecule has 0 fully saturated rings. The quantitative estimate of drug-likeness (QED) is 0.380. The molecule has 4 aromatic rings. The number of hydrogen-bond donors (Lipinski definition) is 1. The Morgan fingerprint density at radius 3 is 2.39 bits per heavy atom. The van der Waals surface area contributed by atoms with Crippen LogP contribution in [0.25, 0.3) is 17.0 Å². The van der Waals surface area contributed by atoms with Gasteiger partial charge in [0.2, 0.25) is 5.82 Å². The second-order valence-corrected chi connectivity index (χ2v) is 8.54. The van der Waals surface area contributed by atoms with Crippen molar-refractivity contribution < 1.29 is 4.52 Å². The largest absolute Gasteiger partial charge is 0.351 e. The Bertz CT molecular complexity index is 1310. The van der Waals surface area contributed by atoms with Crippen LogP contribution in [0.5, 0.6) is 0 Å². The van der Waals surface area contributed by atoms with Crippen molar-refractivity contribution >= 4 is 22.9 Å². The van der Waals surface area contributed by atoms with Crippen LogP contribution >= 0.6 is 12.2 Å². The normalized spacial score (nSPS) is 16.1. The highest BCUT2D eigenvalue weighted by atomic mass is 32.1. The van der Waals surface area contributed by atoms with Gasteiger partial charge in [-0.2, -0.15) is 4.98 Å².